The molecule has 3 rings (SSSR count). The molecule has 0 atom stereocenters. The van der Waals surface area contributed by atoms with Gasteiger partial charge in [-0.15, -0.1) is 12.4 Å². The quantitative estimate of drug-likeness (QED) is 0.790. The smallest absolute Gasteiger partial charge is 0.120 e. The van der Waals surface area contributed by atoms with Gasteiger partial charge in [-0.3, -0.25) is 4.98 Å². The molecule has 0 fully saturated rings. The first-order valence-electron chi connectivity index (χ1n) is 7.02. The lowest BCUT2D eigenvalue weighted by Crippen LogP contribution is -2.30. The standard InChI is InChI=1S/C19H17NO.ClH/c21-19(16-9-3-1-4-10-16,17-11-5-2-6-12-17)15-18-13-7-8-14-20-18;/h1-14,21H,15H2;1H. The van der Waals surface area contributed by atoms with E-state index in [1.165, 1.54) is 0 Å². The topological polar surface area (TPSA) is 33.1 Å². The highest BCUT2D eigenvalue weighted by Gasteiger charge is 2.31. The summed E-state index contributed by atoms with van der Waals surface area (Å²) in [4.78, 5) is 4.35. The molecule has 0 aliphatic rings. The number of aromatic nitrogens is 1. The summed E-state index contributed by atoms with van der Waals surface area (Å²) in [6.07, 6.45) is 2.20. The number of nitrogens with zero attached hydrogens (tertiary/aromatic N) is 1. The van der Waals surface area contributed by atoms with Gasteiger partial charge in [-0.2, -0.15) is 0 Å². The lowest BCUT2D eigenvalue weighted by atomic mass is 9.82. The van der Waals surface area contributed by atoms with Gasteiger partial charge in [0.05, 0.1) is 0 Å². The highest BCUT2D eigenvalue weighted by Crippen LogP contribution is 2.32. The average molecular weight is 312 g/mol. The van der Waals surface area contributed by atoms with Crippen molar-refractivity contribution in [2.75, 3.05) is 0 Å². The first-order valence-corrected chi connectivity index (χ1v) is 7.02. The Morgan fingerprint density at radius 2 is 1.23 bits per heavy atom. The molecule has 0 amide bonds. The molecule has 112 valence electrons. The van der Waals surface area contributed by atoms with Crippen molar-refractivity contribution in [3.63, 3.8) is 0 Å². The van der Waals surface area contributed by atoms with Crippen LogP contribution in [0.15, 0.2) is 85.1 Å². The van der Waals surface area contributed by atoms with Crippen LogP contribution in [0, 0.1) is 0 Å². The monoisotopic (exact) mass is 311 g/mol. The molecule has 0 saturated heterocycles. The highest BCUT2D eigenvalue weighted by molar-refractivity contribution is 5.85. The van der Waals surface area contributed by atoms with Crippen LogP contribution in [0.5, 0.6) is 0 Å². The zero-order valence-electron chi connectivity index (χ0n) is 12.1. The fourth-order valence-corrected chi connectivity index (χ4v) is 2.56. The molecule has 0 aliphatic carbocycles. The van der Waals surface area contributed by atoms with Crippen LogP contribution in [0.1, 0.15) is 16.8 Å². The minimum atomic E-state index is -1.07. The van der Waals surface area contributed by atoms with Crippen LogP contribution in [0.4, 0.5) is 0 Å². The molecule has 1 heterocycles. The highest BCUT2D eigenvalue weighted by atomic mass is 35.5. The van der Waals surface area contributed by atoms with Crippen molar-refractivity contribution in [2.45, 2.75) is 12.0 Å². The normalized spacial score (nSPS) is 10.8. The first-order chi connectivity index (χ1) is 10.3. The molecule has 2 aromatic carbocycles. The predicted molar refractivity (Wildman–Crippen MR) is 91.1 cm³/mol. The largest absolute Gasteiger partial charge is 0.380 e. The Kier molecular flexibility index (Phi) is 5.31. The fourth-order valence-electron chi connectivity index (χ4n) is 2.56. The minimum absolute atomic E-state index is 0. The van der Waals surface area contributed by atoms with Crippen LogP contribution in [0.25, 0.3) is 0 Å². The van der Waals surface area contributed by atoms with Gasteiger partial charge in [0.2, 0.25) is 0 Å². The molecule has 0 unspecified atom stereocenters. The molecule has 0 bridgehead atoms. The van der Waals surface area contributed by atoms with Gasteiger partial charge in [-0.05, 0) is 23.3 Å². The summed E-state index contributed by atoms with van der Waals surface area (Å²) in [5.41, 5.74) is 1.55. The molecule has 2 nitrogen and oxygen atoms in total. The number of pyridine rings is 1. The van der Waals surface area contributed by atoms with E-state index in [9.17, 15) is 5.11 Å². The van der Waals surface area contributed by atoms with Gasteiger partial charge >= 0.3 is 0 Å². The fraction of sp³-hybridized carbons (Fsp3) is 0.105. The third kappa shape index (κ3) is 3.35. The lowest BCUT2D eigenvalue weighted by molar-refractivity contribution is 0.0800. The minimum Gasteiger partial charge on any atom is -0.380 e. The van der Waals surface area contributed by atoms with E-state index >= 15 is 0 Å². The maximum absolute atomic E-state index is 11.4. The Morgan fingerprint density at radius 3 is 1.68 bits per heavy atom. The molecule has 3 aromatic rings. The summed E-state index contributed by atoms with van der Waals surface area (Å²) < 4.78 is 0. The first kappa shape index (κ1) is 16.2. The zero-order valence-corrected chi connectivity index (χ0v) is 12.9. The average Bonchev–Trinajstić information content (AvgIpc) is 2.57. The van der Waals surface area contributed by atoms with E-state index in [1.807, 2.05) is 78.9 Å². The van der Waals surface area contributed by atoms with Gasteiger partial charge in [0.15, 0.2) is 0 Å². The van der Waals surface area contributed by atoms with Gasteiger partial charge in [0.25, 0.3) is 0 Å². The van der Waals surface area contributed by atoms with Gasteiger partial charge in [0.1, 0.15) is 5.60 Å². The number of hydrogen-bond acceptors (Lipinski definition) is 2. The number of rotatable bonds is 4. The van der Waals surface area contributed by atoms with E-state index in [2.05, 4.69) is 4.98 Å². The number of hydrogen-bond donors (Lipinski definition) is 1. The Bertz CT molecular complexity index is 647. The lowest BCUT2D eigenvalue weighted by Gasteiger charge is -2.29. The van der Waals surface area contributed by atoms with Crippen LogP contribution in [-0.4, -0.2) is 10.1 Å². The van der Waals surface area contributed by atoms with Crippen molar-refractivity contribution in [1.29, 1.82) is 0 Å². The van der Waals surface area contributed by atoms with Crippen molar-refractivity contribution in [1.82, 2.24) is 4.98 Å². The van der Waals surface area contributed by atoms with Gasteiger partial charge < -0.3 is 5.11 Å². The summed E-state index contributed by atoms with van der Waals surface area (Å²) in [6.45, 7) is 0. The summed E-state index contributed by atoms with van der Waals surface area (Å²) >= 11 is 0. The van der Waals surface area contributed by atoms with E-state index in [0.29, 0.717) is 6.42 Å². The summed E-state index contributed by atoms with van der Waals surface area (Å²) in [5, 5.41) is 11.4. The Morgan fingerprint density at radius 1 is 0.727 bits per heavy atom. The SMILES string of the molecule is Cl.OC(Cc1ccccn1)(c1ccccc1)c1ccccc1. The van der Waals surface area contributed by atoms with Gasteiger partial charge in [-0.25, -0.2) is 0 Å². The number of halogens is 1. The number of aliphatic hydroxyl groups is 1. The van der Waals surface area contributed by atoms with Crippen LogP contribution in [0.2, 0.25) is 0 Å². The Hall–Kier alpha value is -2.16. The molecular weight excluding hydrogens is 294 g/mol. The van der Waals surface area contributed by atoms with E-state index in [0.717, 1.165) is 16.8 Å². The van der Waals surface area contributed by atoms with Crippen molar-refractivity contribution >= 4 is 12.4 Å². The van der Waals surface area contributed by atoms with Crippen molar-refractivity contribution < 1.29 is 5.11 Å². The maximum Gasteiger partial charge on any atom is 0.120 e. The molecule has 1 N–H and O–H groups in total. The summed E-state index contributed by atoms with van der Waals surface area (Å²) in [5.74, 6) is 0. The van der Waals surface area contributed by atoms with Crippen LogP contribution in [-0.2, 0) is 12.0 Å². The van der Waals surface area contributed by atoms with E-state index < -0.39 is 5.60 Å². The molecule has 3 heteroatoms. The molecule has 0 saturated carbocycles. The van der Waals surface area contributed by atoms with Gasteiger partial charge in [-0.1, -0.05) is 66.7 Å². The van der Waals surface area contributed by atoms with E-state index in [1.54, 1.807) is 6.20 Å². The van der Waals surface area contributed by atoms with E-state index in [4.69, 9.17) is 0 Å². The van der Waals surface area contributed by atoms with Crippen molar-refractivity contribution in [3.8, 4) is 0 Å². The van der Waals surface area contributed by atoms with Crippen molar-refractivity contribution in [2.24, 2.45) is 0 Å². The van der Waals surface area contributed by atoms with E-state index in [-0.39, 0.29) is 12.4 Å². The molecule has 22 heavy (non-hydrogen) atoms. The number of benzene rings is 2. The second-order valence-corrected chi connectivity index (χ2v) is 5.09. The molecular formula is C19H18ClNO. The van der Waals surface area contributed by atoms with Crippen LogP contribution in [0.3, 0.4) is 0 Å². The van der Waals surface area contributed by atoms with Gasteiger partial charge in [0, 0.05) is 18.3 Å². The van der Waals surface area contributed by atoms with Crippen LogP contribution >= 0.6 is 12.4 Å². The van der Waals surface area contributed by atoms with Crippen molar-refractivity contribution in [3.05, 3.63) is 102 Å². The van der Waals surface area contributed by atoms with Crippen LogP contribution < -0.4 is 0 Å². The Balaban J connectivity index is 0.00000176. The summed E-state index contributed by atoms with van der Waals surface area (Å²) in [6, 6.07) is 25.3. The second kappa shape index (κ2) is 7.21. The molecule has 0 aliphatic heterocycles. The summed E-state index contributed by atoms with van der Waals surface area (Å²) in [7, 11) is 0. The zero-order chi connectivity index (χ0) is 14.5. The Labute approximate surface area is 136 Å². The molecule has 0 spiro atoms. The third-order valence-electron chi connectivity index (χ3n) is 3.67. The maximum atomic E-state index is 11.4. The third-order valence-corrected chi connectivity index (χ3v) is 3.67. The predicted octanol–water partition coefficient (Wildman–Crippen LogP) is 3.98. The molecule has 0 radical (unpaired) electrons. The second-order valence-electron chi connectivity index (χ2n) is 5.09. The molecule has 1 aromatic heterocycles.